The largest absolute Gasteiger partial charge is 0.456 e. The molecule has 0 N–H and O–H groups in total. The molecule has 0 aliphatic rings. The van der Waals surface area contributed by atoms with E-state index in [2.05, 4.69) is 205 Å². The fourth-order valence-corrected chi connectivity index (χ4v) is 7.76. The lowest BCUT2D eigenvalue weighted by Gasteiger charge is -2.25. The van der Waals surface area contributed by atoms with E-state index in [0.717, 1.165) is 39.0 Å². The van der Waals surface area contributed by atoms with Gasteiger partial charge < -0.3 is 9.32 Å². The first kappa shape index (κ1) is 30.0. The van der Waals surface area contributed by atoms with Gasteiger partial charge in [-0.2, -0.15) is 0 Å². The minimum atomic E-state index is 0.876. The van der Waals surface area contributed by atoms with Crippen LogP contribution in [0.4, 0.5) is 17.1 Å². The van der Waals surface area contributed by atoms with Crippen LogP contribution >= 0.6 is 0 Å². The Kier molecular flexibility index (Phi) is 7.18. The average Bonchev–Trinajstić information content (AvgIpc) is 3.60. The second kappa shape index (κ2) is 12.5. The van der Waals surface area contributed by atoms with Crippen molar-refractivity contribution in [3.8, 4) is 33.4 Å². The summed E-state index contributed by atoms with van der Waals surface area (Å²) in [5, 5.41) is 7.11. The summed E-state index contributed by atoms with van der Waals surface area (Å²) in [4.78, 5) is 2.33. The monoisotopic (exact) mass is 663 g/mol. The molecule has 52 heavy (non-hydrogen) atoms. The number of nitrogens with zero attached hydrogens (tertiary/aromatic N) is 1. The molecule has 0 bridgehead atoms. The number of benzene rings is 9. The summed E-state index contributed by atoms with van der Waals surface area (Å²) >= 11 is 0. The van der Waals surface area contributed by atoms with Crippen molar-refractivity contribution in [1.29, 1.82) is 0 Å². The first-order chi connectivity index (χ1) is 25.8. The molecule has 0 saturated heterocycles. The summed E-state index contributed by atoms with van der Waals surface area (Å²) in [6, 6.07) is 71.5. The van der Waals surface area contributed by atoms with Gasteiger partial charge in [-0.25, -0.2) is 0 Å². The Morgan fingerprint density at radius 3 is 1.58 bits per heavy atom. The number of anilines is 3. The Morgan fingerprint density at radius 2 is 0.846 bits per heavy atom. The van der Waals surface area contributed by atoms with Gasteiger partial charge in [0.25, 0.3) is 0 Å². The number of hydrogen-bond acceptors (Lipinski definition) is 2. The summed E-state index contributed by atoms with van der Waals surface area (Å²) in [5.41, 5.74) is 12.2. The third-order valence-corrected chi connectivity index (χ3v) is 10.3. The Hall–Kier alpha value is -6.90. The highest BCUT2D eigenvalue weighted by molar-refractivity contribution is 6.23. The number of rotatable bonds is 6. The van der Waals surface area contributed by atoms with Gasteiger partial charge in [-0.05, 0) is 103 Å². The first-order valence-corrected chi connectivity index (χ1v) is 17.8. The third-order valence-electron chi connectivity index (χ3n) is 10.3. The van der Waals surface area contributed by atoms with Crippen LogP contribution in [0.15, 0.2) is 205 Å². The predicted octanol–water partition coefficient (Wildman–Crippen LogP) is 14.4. The Bertz CT molecular complexity index is 2870. The highest BCUT2D eigenvalue weighted by Crippen LogP contribution is 2.44. The van der Waals surface area contributed by atoms with Gasteiger partial charge in [0.2, 0.25) is 0 Å². The number of para-hydroxylation sites is 1. The van der Waals surface area contributed by atoms with E-state index in [0.29, 0.717) is 0 Å². The molecule has 0 amide bonds. The van der Waals surface area contributed by atoms with Crippen molar-refractivity contribution < 1.29 is 4.42 Å². The second-order valence-corrected chi connectivity index (χ2v) is 13.3. The smallest absolute Gasteiger partial charge is 0.136 e. The van der Waals surface area contributed by atoms with Crippen LogP contribution in [0.1, 0.15) is 0 Å². The van der Waals surface area contributed by atoms with Crippen LogP contribution in [0.5, 0.6) is 0 Å². The maximum absolute atomic E-state index is 6.66. The van der Waals surface area contributed by atoms with Crippen molar-refractivity contribution in [2.24, 2.45) is 0 Å². The molecule has 244 valence electrons. The number of furan rings is 1. The molecule has 0 saturated carbocycles. The van der Waals surface area contributed by atoms with E-state index in [1.807, 2.05) is 0 Å². The molecule has 1 heterocycles. The molecule has 1 aromatic heterocycles. The van der Waals surface area contributed by atoms with E-state index < -0.39 is 0 Å². The molecule has 0 fully saturated rings. The fraction of sp³-hybridized carbons (Fsp3) is 0. The van der Waals surface area contributed by atoms with Gasteiger partial charge in [0.1, 0.15) is 11.2 Å². The van der Waals surface area contributed by atoms with Crippen LogP contribution in [-0.2, 0) is 0 Å². The lowest BCUT2D eigenvalue weighted by molar-refractivity contribution is 0.669. The van der Waals surface area contributed by atoms with Gasteiger partial charge >= 0.3 is 0 Å². The molecule has 0 spiro atoms. The lowest BCUT2D eigenvalue weighted by Crippen LogP contribution is -2.09. The molecule has 9 aromatic carbocycles. The topological polar surface area (TPSA) is 16.4 Å². The minimum Gasteiger partial charge on any atom is -0.456 e. The number of fused-ring (bicyclic) bond motifs is 6. The van der Waals surface area contributed by atoms with E-state index in [9.17, 15) is 0 Å². The zero-order valence-electron chi connectivity index (χ0n) is 28.4. The minimum absolute atomic E-state index is 0.876. The van der Waals surface area contributed by atoms with Crippen LogP contribution in [0.3, 0.4) is 0 Å². The van der Waals surface area contributed by atoms with Gasteiger partial charge in [0.05, 0.1) is 0 Å². The van der Waals surface area contributed by atoms with Crippen LogP contribution in [0.2, 0.25) is 0 Å². The molecular formula is C50H33NO. The SMILES string of the molecule is c1ccc(-c2ccc(-c3ccc(N(c4ccccc4)c4ccc5oc6cc(-c7cccc8ccccc78)c7ccccc7c6c5c4)cc3)cc2)cc1. The van der Waals surface area contributed by atoms with Crippen LogP contribution in [-0.4, -0.2) is 0 Å². The normalized spacial score (nSPS) is 11.5. The van der Waals surface area contributed by atoms with Crippen molar-refractivity contribution in [2.75, 3.05) is 4.90 Å². The van der Waals surface area contributed by atoms with E-state index in [1.165, 1.54) is 54.9 Å². The molecular weight excluding hydrogens is 631 g/mol. The molecule has 2 nitrogen and oxygen atoms in total. The highest BCUT2D eigenvalue weighted by Gasteiger charge is 2.19. The van der Waals surface area contributed by atoms with Gasteiger partial charge in [-0.1, -0.05) is 152 Å². The Labute approximate surface area is 302 Å². The van der Waals surface area contributed by atoms with Gasteiger partial charge in [0, 0.05) is 27.8 Å². The van der Waals surface area contributed by atoms with E-state index in [4.69, 9.17) is 4.42 Å². The first-order valence-electron chi connectivity index (χ1n) is 17.8. The van der Waals surface area contributed by atoms with Crippen molar-refractivity contribution in [3.63, 3.8) is 0 Å². The summed E-state index contributed by atoms with van der Waals surface area (Å²) in [7, 11) is 0. The van der Waals surface area contributed by atoms with E-state index in [1.54, 1.807) is 0 Å². The summed E-state index contributed by atoms with van der Waals surface area (Å²) in [6.07, 6.45) is 0. The lowest BCUT2D eigenvalue weighted by atomic mass is 9.92. The van der Waals surface area contributed by atoms with Crippen molar-refractivity contribution in [3.05, 3.63) is 200 Å². The molecule has 10 rings (SSSR count). The molecule has 2 heteroatoms. The van der Waals surface area contributed by atoms with Crippen LogP contribution in [0, 0.1) is 0 Å². The van der Waals surface area contributed by atoms with E-state index in [-0.39, 0.29) is 0 Å². The number of hydrogen-bond donors (Lipinski definition) is 0. The van der Waals surface area contributed by atoms with E-state index >= 15 is 0 Å². The van der Waals surface area contributed by atoms with Crippen molar-refractivity contribution in [1.82, 2.24) is 0 Å². The summed E-state index contributed by atoms with van der Waals surface area (Å²) < 4.78 is 6.66. The average molecular weight is 664 g/mol. The van der Waals surface area contributed by atoms with Crippen molar-refractivity contribution >= 4 is 60.5 Å². The maximum Gasteiger partial charge on any atom is 0.136 e. The van der Waals surface area contributed by atoms with Crippen LogP contribution < -0.4 is 4.90 Å². The van der Waals surface area contributed by atoms with Gasteiger partial charge in [0.15, 0.2) is 0 Å². The quantitative estimate of drug-likeness (QED) is 0.176. The molecule has 0 atom stereocenters. The zero-order chi connectivity index (χ0) is 34.4. The summed E-state index contributed by atoms with van der Waals surface area (Å²) in [6.45, 7) is 0. The third kappa shape index (κ3) is 5.12. The zero-order valence-corrected chi connectivity index (χ0v) is 28.4. The van der Waals surface area contributed by atoms with Gasteiger partial charge in [-0.3, -0.25) is 0 Å². The molecule has 0 radical (unpaired) electrons. The Morgan fingerprint density at radius 1 is 0.308 bits per heavy atom. The molecule has 0 aliphatic carbocycles. The van der Waals surface area contributed by atoms with Gasteiger partial charge in [-0.15, -0.1) is 0 Å². The van der Waals surface area contributed by atoms with Crippen molar-refractivity contribution in [2.45, 2.75) is 0 Å². The maximum atomic E-state index is 6.66. The second-order valence-electron chi connectivity index (χ2n) is 13.3. The standard InChI is InChI=1S/C50H33NO/c1-3-12-34(13-4-1)35-22-24-36(25-23-35)37-26-28-40(29-27-37)51(39-16-5-2-6-17-39)41-30-31-48-47(32-41)50-45-20-10-9-19-44(45)46(33-49(50)52-48)43-21-11-15-38-14-7-8-18-42(38)43/h1-33H. The fourth-order valence-electron chi connectivity index (χ4n) is 7.76. The molecule has 0 unspecified atom stereocenters. The predicted molar refractivity (Wildman–Crippen MR) is 220 cm³/mol. The molecule has 0 aliphatic heterocycles. The highest BCUT2D eigenvalue weighted by atomic mass is 16.3. The Balaban J connectivity index is 1.09. The van der Waals surface area contributed by atoms with Crippen LogP contribution in [0.25, 0.3) is 76.9 Å². The summed E-state index contributed by atoms with van der Waals surface area (Å²) in [5.74, 6) is 0. The molecule has 10 aromatic rings.